The zero-order valence-corrected chi connectivity index (χ0v) is 12.3. The van der Waals surface area contributed by atoms with Crippen LogP contribution in [0.5, 0.6) is 5.75 Å². The summed E-state index contributed by atoms with van der Waals surface area (Å²) in [5, 5.41) is 13.1. The van der Waals surface area contributed by atoms with E-state index < -0.39 is 6.10 Å². The second-order valence-corrected chi connectivity index (χ2v) is 6.14. The topological polar surface area (TPSA) is 58.6 Å². The van der Waals surface area contributed by atoms with Crippen molar-refractivity contribution in [2.24, 2.45) is 5.92 Å². The summed E-state index contributed by atoms with van der Waals surface area (Å²) in [5.41, 5.74) is 1.99. The standard InChI is InChI=1S/C17H23NO3/c19-15(11-18-17(20)9-12-3-1-2-4-12)13-5-6-16-14(10-13)7-8-21-16/h5-6,10,12,15,19H,1-4,7-9,11H2,(H,18,20). The summed E-state index contributed by atoms with van der Waals surface area (Å²) in [6.45, 7) is 0.998. The summed E-state index contributed by atoms with van der Waals surface area (Å²) >= 11 is 0. The molecule has 4 nitrogen and oxygen atoms in total. The number of aliphatic hydroxyl groups excluding tert-OH is 1. The van der Waals surface area contributed by atoms with Gasteiger partial charge in [-0.25, -0.2) is 0 Å². The minimum absolute atomic E-state index is 0.0606. The van der Waals surface area contributed by atoms with Gasteiger partial charge < -0.3 is 15.2 Å². The van der Waals surface area contributed by atoms with E-state index in [0.29, 0.717) is 18.9 Å². The molecule has 1 aliphatic heterocycles. The van der Waals surface area contributed by atoms with Crippen molar-refractivity contribution in [2.75, 3.05) is 13.2 Å². The highest BCUT2D eigenvalue weighted by molar-refractivity contribution is 5.76. The number of carbonyl (C=O) groups excluding carboxylic acids is 1. The van der Waals surface area contributed by atoms with Gasteiger partial charge in [0.25, 0.3) is 0 Å². The minimum atomic E-state index is -0.650. The van der Waals surface area contributed by atoms with Crippen molar-refractivity contribution >= 4 is 5.91 Å². The van der Waals surface area contributed by atoms with Crippen molar-refractivity contribution in [3.05, 3.63) is 29.3 Å². The molecule has 1 saturated carbocycles. The highest BCUT2D eigenvalue weighted by Crippen LogP contribution is 2.29. The number of nitrogens with one attached hydrogen (secondary N) is 1. The number of hydrogen-bond acceptors (Lipinski definition) is 3. The first-order valence-corrected chi connectivity index (χ1v) is 7.93. The Morgan fingerprint density at radius 3 is 3.00 bits per heavy atom. The molecule has 1 aromatic rings. The monoisotopic (exact) mass is 289 g/mol. The molecule has 1 fully saturated rings. The van der Waals surface area contributed by atoms with Gasteiger partial charge in [0, 0.05) is 19.4 Å². The number of rotatable bonds is 5. The van der Waals surface area contributed by atoms with Crippen LogP contribution in [0.25, 0.3) is 0 Å². The van der Waals surface area contributed by atoms with Gasteiger partial charge in [0.05, 0.1) is 12.7 Å². The molecule has 4 heteroatoms. The van der Waals surface area contributed by atoms with E-state index >= 15 is 0 Å². The van der Waals surface area contributed by atoms with Gasteiger partial charge in [-0.2, -0.15) is 0 Å². The largest absolute Gasteiger partial charge is 0.493 e. The van der Waals surface area contributed by atoms with Gasteiger partial charge in [0.1, 0.15) is 5.75 Å². The average molecular weight is 289 g/mol. The van der Waals surface area contributed by atoms with Crippen LogP contribution < -0.4 is 10.1 Å². The lowest BCUT2D eigenvalue weighted by Gasteiger charge is -2.14. The van der Waals surface area contributed by atoms with Gasteiger partial charge in [0.15, 0.2) is 0 Å². The minimum Gasteiger partial charge on any atom is -0.493 e. The van der Waals surface area contributed by atoms with E-state index in [1.807, 2.05) is 18.2 Å². The Balaban J connectivity index is 1.49. The highest BCUT2D eigenvalue weighted by atomic mass is 16.5. The van der Waals surface area contributed by atoms with E-state index in [9.17, 15) is 9.90 Å². The number of amides is 1. The third kappa shape index (κ3) is 3.56. The lowest BCUT2D eigenvalue weighted by atomic mass is 10.0. The fraction of sp³-hybridized carbons (Fsp3) is 0.588. The van der Waals surface area contributed by atoms with Crippen LogP contribution in [-0.4, -0.2) is 24.2 Å². The third-order valence-electron chi connectivity index (χ3n) is 4.54. The van der Waals surface area contributed by atoms with Crippen LogP contribution in [0.4, 0.5) is 0 Å². The molecule has 0 radical (unpaired) electrons. The lowest BCUT2D eigenvalue weighted by molar-refractivity contribution is -0.122. The van der Waals surface area contributed by atoms with Gasteiger partial charge in [-0.3, -0.25) is 4.79 Å². The van der Waals surface area contributed by atoms with Gasteiger partial charge in [-0.05, 0) is 42.0 Å². The molecule has 1 atom stereocenters. The maximum atomic E-state index is 11.9. The molecule has 114 valence electrons. The number of aliphatic hydroxyl groups is 1. The molecule has 0 bridgehead atoms. The van der Waals surface area contributed by atoms with Gasteiger partial charge in [-0.1, -0.05) is 18.9 Å². The van der Waals surface area contributed by atoms with Crippen LogP contribution in [0.1, 0.15) is 49.3 Å². The first kappa shape index (κ1) is 14.4. The van der Waals surface area contributed by atoms with E-state index in [0.717, 1.165) is 23.3 Å². The van der Waals surface area contributed by atoms with Crippen LogP contribution in [0.15, 0.2) is 18.2 Å². The van der Waals surface area contributed by atoms with E-state index in [-0.39, 0.29) is 12.5 Å². The fourth-order valence-electron chi connectivity index (χ4n) is 3.29. The molecule has 2 aliphatic rings. The Labute approximate surface area is 125 Å². The molecule has 21 heavy (non-hydrogen) atoms. The van der Waals surface area contributed by atoms with Crippen LogP contribution >= 0.6 is 0 Å². The second kappa shape index (κ2) is 6.48. The van der Waals surface area contributed by atoms with Crippen molar-refractivity contribution in [1.29, 1.82) is 0 Å². The number of hydrogen-bond donors (Lipinski definition) is 2. The molecule has 0 saturated heterocycles. The Morgan fingerprint density at radius 2 is 2.19 bits per heavy atom. The smallest absolute Gasteiger partial charge is 0.220 e. The Hall–Kier alpha value is -1.55. The van der Waals surface area contributed by atoms with Crippen LogP contribution in [0.3, 0.4) is 0 Å². The van der Waals surface area contributed by atoms with Crippen LogP contribution in [0, 0.1) is 5.92 Å². The van der Waals surface area contributed by atoms with Crippen molar-refractivity contribution in [3.63, 3.8) is 0 Å². The first-order chi connectivity index (χ1) is 10.2. The quantitative estimate of drug-likeness (QED) is 0.875. The SMILES string of the molecule is O=C(CC1CCCC1)NCC(O)c1ccc2c(c1)CCO2. The third-order valence-corrected chi connectivity index (χ3v) is 4.54. The molecule has 1 unspecified atom stereocenters. The predicted molar refractivity (Wildman–Crippen MR) is 80.2 cm³/mol. The summed E-state index contributed by atoms with van der Waals surface area (Å²) in [5.74, 6) is 1.51. The highest BCUT2D eigenvalue weighted by Gasteiger charge is 2.19. The molecule has 0 aromatic heterocycles. The molecule has 1 aromatic carbocycles. The predicted octanol–water partition coefficient (Wildman–Crippen LogP) is 2.35. The summed E-state index contributed by atoms with van der Waals surface area (Å²) in [6.07, 6.45) is 5.68. The van der Waals surface area contributed by atoms with Gasteiger partial charge in [-0.15, -0.1) is 0 Å². The van der Waals surface area contributed by atoms with E-state index in [4.69, 9.17) is 4.74 Å². The van der Waals surface area contributed by atoms with E-state index in [2.05, 4.69) is 5.32 Å². The summed E-state index contributed by atoms with van der Waals surface area (Å²) < 4.78 is 5.45. The molecule has 1 aliphatic carbocycles. The maximum Gasteiger partial charge on any atom is 0.220 e. The fourth-order valence-corrected chi connectivity index (χ4v) is 3.29. The second-order valence-electron chi connectivity index (χ2n) is 6.14. The van der Waals surface area contributed by atoms with Crippen molar-refractivity contribution in [2.45, 2.75) is 44.6 Å². The molecule has 3 rings (SSSR count). The van der Waals surface area contributed by atoms with Crippen LogP contribution in [-0.2, 0) is 11.2 Å². The Kier molecular flexibility index (Phi) is 4.44. The maximum absolute atomic E-state index is 11.9. The zero-order valence-electron chi connectivity index (χ0n) is 12.3. The van der Waals surface area contributed by atoms with Crippen molar-refractivity contribution in [3.8, 4) is 5.75 Å². The van der Waals surface area contributed by atoms with E-state index in [1.54, 1.807) is 0 Å². The number of carbonyl (C=O) groups is 1. The summed E-state index contributed by atoms with van der Waals surface area (Å²) in [4.78, 5) is 11.9. The number of benzene rings is 1. The molecule has 1 heterocycles. The summed E-state index contributed by atoms with van der Waals surface area (Å²) in [7, 11) is 0. The zero-order chi connectivity index (χ0) is 14.7. The molecular formula is C17H23NO3. The van der Waals surface area contributed by atoms with Gasteiger partial charge >= 0.3 is 0 Å². The normalized spacial score (nSPS) is 19.1. The molecule has 1 amide bonds. The lowest BCUT2D eigenvalue weighted by Crippen LogP contribution is -2.29. The molecule has 2 N–H and O–H groups in total. The Bertz CT molecular complexity index is 509. The Morgan fingerprint density at radius 1 is 1.38 bits per heavy atom. The van der Waals surface area contributed by atoms with Crippen molar-refractivity contribution in [1.82, 2.24) is 5.32 Å². The van der Waals surface area contributed by atoms with Crippen LogP contribution in [0.2, 0.25) is 0 Å². The molecular weight excluding hydrogens is 266 g/mol. The van der Waals surface area contributed by atoms with Gasteiger partial charge in [0.2, 0.25) is 5.91 Å². The number of ether oxygens (including phenoxy) is 1. The van der Waals surface area contributed by atoms with Crippen molar-refractivity contribution < 1.29 is 14.6 Å². The molecule has 0 spiro atoms. The summed E-state index contributed by atoms with van der Waals surface area (Å²) in [6, 6.07) is 5.76. The first-order valence-electron chi connectivity index (χ1n) is 7.93. The number of fused-ring (bicyclic) bond motifs is 1. The average Bonchev–Trinajstić information content (AvgIpc) is 3.14. The van der Waals surface area contributed by atoms with E-state index in [1.165, 1.54) is 25.7 Å².